The molecular formula is C14H15N3O. The maximum absolute atomic E-state index is 11.9. The van der Waals surface area contributed by atoms with Crippen LogP contribution in [-0.4, -0.2) is 17.4 Å². The Bertz CT molecular complexity index is 508. The zero-order valence-corrected chi connectivity index (χ0v) is 9.97. The van der Waals surface area contributed by atoms with Gasteiger partial charge in [-0.05, 0) is 42.8 Å². The van der Waals surface area contributed by atoms with Gasteiger partial charge >= 0.3 is 0 Å². The van der Waals surface area contributed by atoms with Crippen molar-refractivity contribution in [3.63, 3.8) is 0 Å². The van der Waals surface area contributed by atoms with Gasteiger partial charge in [0.15, 0.2) is 0 Å². The van der Waals surface area contributed by atoms with E-state index < -0.39 is 0 Å². The molecule has 0 atom stereocenters. The molecule has 2 rings (SSSR count). The Hall–Kier alpha value is -2.20. The fourth-order valence-electron chi connectivity index (χ4n) is 1.63. The summed E-state index contributed by atoms with van der Waals surface area (Å²) in [6.45, 7) is 0.614. The van der Waals surface area contributed by atoms with E-state index in [1.165, 1.54) is 0 Å². The lowest BCUT2D eigenvalue weighted by Gasteiger charge is -2.05. The summed E-state index contributed by atoms with van der Waals surface area (Å²) >= 11 is 0. The van der Waals surface area contributed by atoms with Crippen LogP contribution < -0.4 is 11.1 Å². The highest BCUT2D eigenvalue weighted by atomic mass is 16.1. The van der Waals surface area contributed by atoms with Crippen molar-refractivity contribution in [3.8, 4) is 0 Å². The highest BCUT2D eigenvalue weighted by Gasteiger charge is 2.05. The third kappa shape index (κ3) is 3.15. The molecule has 0 saturated carbocycles. The Morgan fingerprint density at radius 2 is 1.78 bits per heavy atom. The number of nitrogens with one attached hydrogen (secondary N) is 1. The number of nitrogens with two attached hydrogens (primary N) is 1. The molecule has 0 radical (unpaired) electrons. The summed E-state index contributed by atoms with van der Waals surface area (Å²) in [6.07, 6.45) is 4.10. The van der Waals surface area contributed by atoms with E-state index in [4.69, 9.17) is 5.73 Å². The van der Waals surface area contributed by atoms with E-state index >= 15 is 0 Å². The van der Waals surface area contributed by atoms with Crippen molar-refractivity contribution in [2.75, 3.05) is 11.9 Å². The monoisotopic (exact) mass is 241 g/mol. The van der Waals surface area contributed by atoms with E-state index in [0.717, 1.165) is 17.7 Å². The van der Waals surface area contributed by atoms with Gasteiger partial charge < -0.3 is 11.1 Å². The first kappa shape index (κ1) is 12.3. The molecule has 18 heavy (non-hydrogen) atoms. The minimum atomic E-state index is -0.125. The van der Waals surface area contributed by atoms with Crippen molar-refractivity contribution >= 4 is 11.6 Å². The molecule has 0 aliphatic heterocycles. The van der Waals surface area contributed by atoms with Crippen LogP contribution in [0.25, 0.3) is 0 Å². The van der Waals surface area contributed by atoms with Gasteiger partial charge in [-0.3, -0.25) is 9.78 Å². The molecule has 1 heterocycles. The van der Waals surface area contributed by atoms with Crippen LogP contribution in [0.2, 0.25) is 0 Å². The molecule has 0 unspecified atom stereocenters. The Balaban J connectivity index is 2.05. The van der Waals surface area contributed by atoms with Gasteiger partial charge in [0, 0.05) is 23.6 Å². The SMILES string of the molecule is NCCc1ccc(C(=O)Nc2ccncc2)cc1. The third-order valence-corrected chi connectivity index (χ3v) is 2.59. The maximum Gasteiger partial charge on any atom is 0.255 e. The van der Waals surface area contributed by atoms with Crippen LogP contribution in [-0.2, 0) is 6.42 Å². The second-order valence-electron chi connectivity index (χ2n) is 3.93. The lowest BCUT2D eigenvalue weighted by molar-refractivity contribution is 0.102. The van der Waals surface area contributed by atoms with Crippen LogP contribution in [0.1, 0.15) is 15.9 Å². The zero-order valence-electron chi connectivity index (χ0n) is 9.97. The van der Waals surface area contributed by atoms with E-state index in [2.05, 4.69) is 10.3 Å². The van der Waals surface area contributed by atoms with Crippen molar-refractivity contribution in [1.82, 2.24) is 4.98 Å². The molecule has 2 aromatic rings. The van der Waals surface area contributed by atoms with Crippen LogP contribution in [0.4, 0.5) is 5.69 Å². The fourth-order valence-corrected chi connectivity index (χ4v) is 1.63. The van der Waals surface area contributed by atoms with Crippen LogP contribution in [0.3, 0.4) is 0 Å². The number of carbonyl (C=O) groups excluding carboxylic acids is 1. The van der Waals surface area contributed by atoms with E-state index in [0.29, 0.717) is 12.1 Å². The number of aromatic nitrogens is 1. The quantitative estimate of drug-likeness (QED) is 0.858. The van der Waals surface area contributed by atoms with Gasteiger partial charge in [0.2, 0.25) is 0 Å². The van der Waals surface area contributed by atoms with Gasteiger partial charge in [-0.15, -0.1) is 0 Å². The molecule has 1 aromatic heterocycles. The topological polar surface area (TPSA) is 68.0 Å². The highest BCUT2D eigenvalue weighted by Crippen LogP contribution is 2.09. The number of carbonyl (C=O) groups is 1. The minimum Gasteiger partial charge on any atom is -0.330 e. The number of hydrogen-bond donors (Lipinski definition) is 2. The molecule has 0 spiro atoms. The molecule has 4 heteroatoms. The second-order valence-corrected chi connectivity index (χ2v) is 3.93. The predicted octanol–water partition coefficient (Wildman–Crippen LogP) is 1.84. The second kappa shape index (κ2) is 5.93. The molecule has 0 saturated heterocycles. The van der Waals surface area contributed by atoms with Crippen LogP contribution in [0.15, 0.2) is 48.8 Å². The summed E-state index contributed by atoms with van der Waals surface area (Å²) < 4.78 is 0. The number of benzene rings is 1. The summed E-state index contributed by atoms with van der Waals surface area (Å²) in [7, 11) is 0. The van der Waals surface area contributed by atoms with Crippen molar-refractivity contribution in [1.29, 1.82) is 0 Å². The average molecular weight is 241 g/mol. The summed E-state index contributed by atoms with van der Waals surface area (Å²) in [5.74, 6) is -0.125. The number of hydrogen-bond acceptors (Lipinski definition) is 3. The Labute approximate surface area is 106 Å². The Kier molecular flexibility index (Phi) is 4.04. The molecule has 92 valence electrons. The van der Waals surface area contributed by atoms with Gasteiger partial charge in [0.1, 0.15) is 0 Å². The van der Waals surface area contributed by atoms with E-state index in [1.807, 2.05) is 24.3 Å². The van der Waals surface area contributed by atoms with Crippen molar-refractivity contribution in [3.05, 3.63) is 59.9 Å². The number of nitrogens with zero attached hydrogens (tertiary/aromatic N) is 1. The first-order valence-electron chi connectivity index (χ1n) is 5.80. The third-order valence-electron chi connectivity index (χ3n) is 2.59. The number of anilines is 1. The smallest absolute Gasteiger partial charge is 0.255 e. The highest BCUT2D eigenvalue weighted by molar-refractivity contribution is 6.04. The fraction of sp³-hybridized carbons (Fsp3) is 0.143. The molecular weight excluding hydrogens is 226 g/mol. The maximum atomic E-state index is 11.9. The van der Waals surface area contributed by atoms with Crippen molar-refractivity contribution in [2.24, 2.45) is 5.73 Å². The minimum absolute atomic E-state index is 0.125. The van der Waals surface area contributed by atoms with Gasteiger partial charge in [0.05, 0.1) is 0 Å². The predicted molar refractivity (Wildman–Crippen MR) is 71.4 cm³/mol. The largest absolute Gasteiger partial charge is 0.330 e. The van der Waals surface area contributed by atoms with Gasteiger partial charge in [0.25, 0.3) is 5.91 Å². The summed E-state index contributed by atoms with van der Waals surface area (Å²) in [5.41, 5.74) is 7.98. The first-order chi connectivity index (χ1) is 8.79. The van der Waals surface area contributed by atoms with E-state index in [9.17, 15) is 4.79 Å². The van der Waals surface area contributed by atoms with Crippen LogP contribution in [0, 0.1) is 0 Å². The van der Waals surface area contributed by atoms with Gasteiger partial charge in [-0.2, -0.15) is 0 Å². The molecule has 1 aromatic carbocycles. The van der Waals surface area contributed by atoms with Crippen molar-refractivity contribution < 1.29 is 4.79 Å². The molecule has 0 bridgehead atoms. The number of pyridine rings is 1. The molecule has 3 N–H and O–H groups in total. The molecule has 0 fully saturated rings. The van der Waals surface area contributed by atoms with Gasteiger partial charge in [-0.1, -0.05) is 12.1 Å². The number of rotatable bonds is 4. The van der Waals surface area contributed by atoms with E-state index in [1.54, 1.807) is 24.5 Å². The van der Waals surface area contributed by atoms with E-state index in [-0.39, 0.29) is 5.91 Å². The summed E-state index contributed by atoms with van der Waals surface area (Å²) in [4.78, 5) is 15.8. The average Bonchev–Trinajstić information content (AvgIpc) is 2.41. The summed E-state index contributed by atoms with van der Waals surface area (Å²) in [6, 6.07) is 11.0. The zero-order chi connectivity index (χ0) is 12.8. The van der Waals surface area contributed by atoms with Gasteiger partial charge in [-0.25, -0.2) is 0 Å². The Morgan fingerprint density at radius 3 is 2.39 bits per heavy atom. The van der Waals surface area contributed by atoms with Crippen LogP contribution in [0.5, 0.6) is 0 Å². The number of amides is 1. The summed E-state index contributed by atoms with van der Waals surface area (Å²) in [5, 5.41) is 2.81. The first-order valence-corrected chi connectivity index (χ1v) is 5.80. The van der Waals surface area contributed by atoms with Crippen molar-refractivity contribution in [2.45, 2.75) is 6.42 Å². The molecule has 0 aliphatic carbocycles. The molecule has 4 nitrogen and oxygen atoms in total. The normalized spacial score (nSPS) is 10.1. The lowest BCUT2D eigenvalue weighted by atomic mass is 10.1. The lowest BCUT2D eigenvalue weighted by Crippen LogP contribution is -2.12. The Morgan fingerprint density at radius 1 is 1.11 bits per heavy atom. The van der Waals surface area contributed by atoms with Crippen LogP contribution >= 0.6 is 0 Å². The molecule has 1 amide bonds. The standard InChI is InChI=1S/C14H15N3O/c15-8-5-11-1-3-12(4-2-11)14(18)17-13-6-9-16-10-7-13/h1-4,6-7,9-10H,5,8,15H2,(H,16,17,18). The molecule has 0 aliphatic rings.